The summed E-state index contributed by atoms with van der Waals surface area (Å²) >= 11 is 0. The van der Waals surface area contributed by atoms with E-state index in [0.29, 0.717) is 31.6 Å². The zero-order chi connectivity index (χ0) is 47.4. The highest BCUT2D eigenvalue weighted by atomic mass is 16.7. The van der Waals surface area contributed by atoms with Crippen LogP contribution in [0.3, 0.4) is 0 Å². The number of aliphatic hydroxyl groups excluding tert-OH is 4. The Morgan fingerprint density at radius 2 is 1.63 bits per heavy atom. The third-order valence-electron chi connectivity index (χ3n) is 13.2. The number of nitrogens with one attached hydrogen (secondary N) is 1. The topological polar surface area (TPSA) is 248 Å². The number of methoxy groups -OCH3 is 1. The van der Waals surface area contributed by atoms with Gasteiger partial charge in [-0.05, 0) is 32.8 Å². The number of fused-ring (bicyclic) bond motifs is 2. The number of amides is 1. The van der Waals surface area contributed by atoms with Crippen LogP contribution in [-0.4, -0.2) is 98.9 Å². The van der Waals surface area contributed by atoms with Gasteiger partial charge in [-0.1, -0.05) is 45.9 Å². The standard InChI is InChI=1S/C48H57N3O14/c1-21-11-10-12-22(2)47(60)50-38-42(58)34-33(37-45(38)64-32-20-28(19-30(54)36(32)49-37)51-16-13-29(53)14-17-51)35-44(26(6)41(34)57)65-48(8,46(35)59)62-18-15-31(61-9)23(3)43(63-27(7)52)25(5)40(56)24(4)39(21)55/h10-12,15,18-21,23-25,29,31,39-40,43,53,55-57,59H,13-14,16-17H2,1-9H3,(H,50,60). The Labute approximate surface area is 374 Å². The summed E-state index contributed by atoms with van der Waals surface area (Å²) in [4.78, 5) is 61.7. The molecule has 65 heavy (non-hydrogen) atoms. The largest absolute Gasteiger partial charge is 0.507 e. The smallest absolute Gasteiger partial charge is 0.307 e. The zero-order valence-corrected chi connectivity index (χ0v) is 37.9. The molecule has 9 unspecified atom stereocenters. The van der Waals surface area contributed by atoms with Crippen LogP contribution < -0.4 is 31.0 Å². The molecule has 0 spiro atoms. The van der Waals surface area contributed by atoms with Gasteiger partial charge in [0.15, 0.2) is 22.4 Å². The van der Waals surface area contributed by atoms with Gasteiger partial charge in [0, 0.05) is 92.1 Å². The Balaban J connectivity index is 1.48. The second-order valence-electron chi connectivity index (χ2n) is 17.8. The van der Waals surface area contributed by atoms with Crippen molar-refractivity contribution in [3.63, 3.8) is 0 Å². The van der Waals surface area contributed by atoms with Crippen molar-refractivity contribution in [1.29, 1.82) is 0 Å². The third kappa shape index (κ3) is 8.53. The number of aliphatic hydroxyl groups is 4. The summed E-state index contributed by atoms with van der Waals surface area (Å²) in [6, 6.07) is 2.99. The number of esters is 1. The summed E-state index contributed by atoms with van der Waals surface area (Å²) in [6.45, 7) is 13.5. The van der Waals surface area contributed by atoms with Crippen molar-refractivity contribution in [3.05, 3.63) is 79.5 Å². The van der Waals surface area contributed by atoms with Crippen molar-refractivity contribution < 1.29 is 58.5 Å². The van der Waals surface area contributed by atoms with Crippen LogP contribution >= 0.6 is 0 Å². The molecule has 0 aliphatic carbocycles. The van der Waals surface area contributed by atoms with E-state index in [1.165, 1.54) is 59.3 Å². The van der Waals surface area contributed by atoms with Crippen LogP contribution in [0, 0.1) is 30.6 Å². The Kier molecular flexibility index (Phi) is 13.1. The zero-order valence-electron chi connectivity index (χ0n) is 37.9. The second kappa shape index (κ2) is 18.1. The molecule has 6 N–H and O–H groups in total. The number of piperidine rings is 1. The van der Waals surface area contributed by atoms with Gasteiger partial charge in [0.1, 0.15) is 28.8 Å². The number of carbonyl (C=O) groups is 2. The molecule has 0 saturated carbocycles. The van der Waals surface area contributed by atoms with Crippen molar-refractivity contribution in [2.24, 2.45) is 23.7 Å². The molecule has 1 aromatic heterocycles. The molecule has 17 heteroatoms. The maximum Gasteiger partial charge on any atom is 0.307 e. The molecular formula is C48H57N3O14. The summed E-state index contributed by atoms with van der Waals surface area (Å²) in [5, 5.41) is 59.1. The normalized spacial score (nSPS) is 28.4. The summed E-state index contributed by atoms with van der Waals surface area (Å²) < 4.78 is 30.4. The Morgan fingerprint density at radius 1 is 0.938 bits per heavy atom. The van der Waals surface area contributed by atoms with E-state index in [1.54, 1.807) is 45.9 Å². The fourth-order valence-corrected chi connectivity index (χ4v) is 9.18. The highest BCUT2D eigenvalue weighted by Crippen LogP contribution is 2.42. The Bertz CT molecular complexity index is 2830. The second-order valence-corrected chi connectivity index (χ2v) is 17.8. The van der Waals surface area contributed by atoms with Gasteiger partial charge in [0.25, 0.3) is 5.91 Å². The number of hydrogen-bond donors (Lipinski definition) is 6. The minimum Gasteiger partial charge on any atom is -0.507 e. The number of phenols is 1. The molecule has 348 valence electrons. The average Bonchev–Trinajstić information content (AvgIpc) is 3.54. The van der Waals surface area contributed by atoms with Crippen molar-refractivity contribution >= 4 is 62.0 Å². The molecule has 17 nitrogen and oxygen atoms in total. The van der Waals surface area contributed by atoms with Gasteiger partial charge in [-0.3, -0.25) is 19.2 Å². The molecule has 4 heterocycles. The number of hydrogen-bond acceptors (Lipinski definition) is 16. The molecule has 3 aromatic carbocycles. The molecule has 7 rings (SSSR count). The van der Waals surface area contributed by atoms with Gasteiger partial charge in [0.05, 0.1) is 41.3 Å². The van der Waals surface area contributed by atoms with E-state index < -0.39 is 99.9 Å². The number of benzene rings is 3. The van der Waals surface area contributed by atoms with E-state index in [9.17, 15) is 44.7 Å². The van der Waals surface area contributed by atoms with Gasteiger partial charge in [0.2, 0.25) is 10.9 Å². The van der Waals surface area contributed by atoms with Crippen molar-refractivity contribution in [3.8, 4) is 11.5 Å². The lowest BCUT2D eigenvalue weighted by molar-refractivity contribution is -0.160. The van der Waals surface area contributed by atoms with Crippen LogP contribution in [-0.2, 0) is 23.8 Å². The van der Waals surface area contributed by atoms with Gasteiger partial charge in [-0.25, -0.2) is 4.98 Å². The molecule has 1 amide bonds. The van der Waals surface area contributed by atoms with E-state index in [4.69, 9.17) is 28.3 Å². The number of nitrogens with zero attached hydrogens (tertiary/aromatic N) is 2. The summed E-state index contributed by atoms with van der Waals surface area (Å²) in [5.74, 6) is -7.04. The number of anilines is 2. The number of allylic oxidation sites excluding steroid dienone is 2. The number of carbonyl (C=O) groups excluding carboxylic acids is 2. The monoisotopic (exact) mass is 899 g/mol. The minimum absolute atomic E-state index is 0.0152. The van der Waals surface area contributed by atoms with E-state index in [2.05, 4.69) is 5.32 Å². The van der Waals surface area contributed by atoms with Gasteiger partial charge in [-0.2, -0.15) is 0 Å². The lowest BCUT2D eigenvalue weighted by Crippen LogP contribution is -2.46. The number of aromatic nitrogens is 1. The van der Waals surface area contributed by atoms with Crippen LogP contribution in [0.5, 0.6) is 11.5 Å². The van der Waals surface area contributed by atoms with Gasteiger partial charge < -0.3 is 59.1 Å². The van der Waals surface area contributed by atoms with Crippen LogP contribution in [0.1, 0.15) is 66.9 Å². The molecule has 4 aromatic rings. The maximum absolute atomic E-state index is 14.8. The lowest BCUT2D eigenvalue weighted by Gasteiger charge is -2.38. The van der Waals surface area contributed by atoms with Crippen molar-refractivity contribution in [2.45, 2.75) is 105 Å². The van der Waals surface area contributed by atoms with Crippen molar-refractivity contribution in [2.75, 3.05) is 30.4 Å². The van der Waals surface area contributed by atoms with E-state index in [-0.39, 0.29) is 55.1 Å². The average molecular weight is 900 g/mol. The number of ether oxygens (including phenoxy) is 4. The first-order chi connectivity index (χ1) is 30.7. The first kappa shape index (κ1) is 47.0. The lowest BCUT2D eigenvalue weighted by atomic mass is 9.78. The molecule has 1 fully saturated rings. The molecule has 3 aliphatic heterocycles. The van der Waals surface area contributed by atoms with Crippen LogP contribution in [0.4, 0.5) is 11.4 Å². The fourth-order valence-electron chi connectivity index (χ4n) is 9.18. The predicted molar refractivity (Wildman–Crippen MR) is 242 cm³/mol. The summed E-state index contributed by atoms with van der Waals surface area (Å²) in [5.41, 5.74) is -1.75. The van der Waals surface area contributed by atoms with E-state index in [0.717, 1.165) is 0 Å². The molecule has 4 bridgehead atoms. The van der Waals surface area contributed by atoms with Crippen molar-refractivity contribution in [1.82, 2.24) is 4.98 Å². The predicted octanol–water partition coefficient (Wildman–Crippen LogP) is 4.52. The van der Waals surface area contributed by atoms with E-state index >= 15 is 0 Å². The third-order valence-corrected chi connectivity index (χ3v) is 13.2. The number of rotatable bonds is 3. The van der Waals surface area contributed by atoms with Gasteiger partial charge in [-0.15, -0.1) is 0 Å². The molecule has 0 radical (unpaired) electrons. The van der Waals surface area contributed by atoms with E-state index in [1.807, 2.05) is 4.90 Å². The SMILES string of the molecule is COC1C=COC2(C)Oc3c(C)c(O)c4c(=O)c(c5oc6cc(N7CCC(O)CC7)cc(=O)c6nc5c4c3=C2O)NC(=O)C(C)=CC=CC(C)C(O)C(C)C(O)C(C)C(OC(C)=O)C1C. The quantitative estimate of drug-likeness (QED) is 0.0940. The maximum atomic E-state index is 14.8. The summed E-state index contributed by atoms with van der Waals surface area (Å²) in [6.07, 6.45) is 3.97. The summed E-state index contributed by atoms with van der Waals surface area (Å²) in [7, 11) is 1.44. The Morgan fingerprint density at radius 3 is 2.29 bits per heavy atom. The molecule has 1 saturated heterocycles. The first-order valence-electron chi connectivity index (χ1n) is 21.8. The number of phenolic OH excluding ortho intramolecular Hbond substituents is 1. The van der Waals surface area contributed by atoms with Crippen LogP contribution in [0.15, 0.2) is 62.3 Å². The number of aromatic hydroxyl groups is 1. The van der Waals surface area contributed by atoms with Crippen LogP contribution in [0.25, 0.3) is 38.7 Å². The van der Waals surface area contributed by atoms with Gasteiger partial charge >= 0.3 is 11.8 Å². The Hall–Kier alpha value is -6.01. The molecule has 3 aliphatic rings. The first-order valence-corrected chi connectivity index (χ1v) is 21.8. The highest BCUT2D eigenvalue weighted by Gasteiger charge is 2.44. The molecular weight excluding hydrogens is 843 g/mol. The highest BCUT2D eigenvalue weighted by molar-refractivity contribution is 6.16. The minimum atomic E-state index is -1.99. The van der Waals surface area contributed by atoms with Crippen LogP contribution in [0.2, 0.25) is 0 Å². The fraction of sp³-hybridized carbons (Fsp3) is 0.479. The molecule has 9 atom stereocenters.